The lowest BCUT2D eigenvalue weighted by Crippen LogP contribution is -2.38. The number of amides is 1. The third kappa shape index (κ3) is 3.30. The largest absolute Gasteiger partial charge is 0.338 e. The molecule has 1 aliphatic heterocycles. The van der Waals surface area contributed by atoms with Gasteiger partial charge in [0, 0.05) is 30.8 Å². The second kappa shape index (κ2) is 6.74. The summed E-state index contributed by atoms with van der Waals surface area (Å²) in [7, 11) is 0. The summed E-state index contributed by atoms with van der Waals surface area (Å²) in [6.07, 6.45) is 3.82. The van der Waals surface area contributed by atoms with Gasteiger partial charge in [-0.1, -0.05) is 12.5 Å². The number of hydrogen-bond acceptors (Lipinski definition) is 4. The summed E-state index contributed by atoms with van der Waals surface area (Å²) in [6.45, 7) is 1.42. The van der Waals surface area contributed by atoms with Crippen molar-refractivity contribution in [1.29, 1.82) is 0 Å². The molecule has 20 heavy (non-hydrogen) atoms. The molecule has 1 heterocycles. The third-order valence-electron chi connectivity index (χ3n) is 3.56. The van der Waals surface area contributed by atoms with Crippen molar-refractivity contribution < 1.29 is 9.72 Å². The number of nitro benzene ring substituents is 1. The van der Waals surface area contributed by atoms with Crippen molar-refractivity contribution in [2.75, 3.05) is 18.8 Å². The van der Waals surface area contributed by atoms with Crippen LogP contribution in [0.1, 0.15) is 35.2 Å². The van der Waals surface area contributed by atoms with Crippen LogP contribution in [0.15, 0.2) is 18.2 Å². The molecule has 0 N–H and O–H groups in total. The zero-order valence-electron chi connectivity index (χ0n) is 11.2. The van der Waals surface area contributed by atoms with Crippen molar-refractivity contribution in [2.45, 2.75) is 25.7 Å². The van der Waals surface area contributed by atoms with Crippen LogP contribution < -0.4 is 0 Å². The van der Waals surface area contributed by atoms with Gasteiger partial charge in [-0.25, -0.2) is 0 Å². The van der Waals surface area contributed by atoms with Gasteiger partial charge in [-0.3, -0.25) is 14.9 Å². The molecule has 2 rings (SSSR count). The predicted octanol–water partition coefficient (Wildman–Crippen LogP) is 2.69. The number of benzene rings is 1. The SMILES string of the molecule is O=C1c2cc([N+](=O)[O-])ccc2CCN1CCCCCS. The number of carbonyl (C=O) groups excluding carboxylic acids is 1. The average Bonchev–Trinajstić information content (AvgIpc) is 2.45. The topological polar surface area (TPSA) is 63.4 Å². The van der Waals surface area contributed by atoms with E-state index in [0.717, 1.165) is 43.5 Å². The van der Waals surface area contributed by atoms with Crippen molar-refractivity contribution in [3.05, 3.63) is 39.4 Å². The van der Waals surface area contributed by atoms with E-state index in [9.17, 15) is 14.9 Å². The van der Waals surface area contributed by atoms with Gasteiger partial charge >= 0.3 is 0 Å². The Morgan fingerprint density at radius 2 is 2.10 bits per heavy atom. The lowest BCUT2D eigenvalue weighted by molar-refractivity contribution is -0.384. The maximum Gasteiger partial charge on any atom is 0.270 e. The molecule has 0 saturated carbocycles. The van der Waals surface area contributed by atoms with Crippen molar-refractivity contribution in [3.8, 4) is 0 Å². The first-order valence-corrected chi connectivity index (χ1v) is 7.44. The molecule has 0 spiro atoms. The van der Waals surface area contributed by atoms with Crippen molar-refractivity contribution >= 4 is 24.2 Å². The minimum Gasteiger partial charge on any atom is -0.338 e. The number of nitrogens with zero attached hydrogens (tertiary/aromatic N) is 2. The van der Waals surface area contributed by atoms with Gasteiger partial charge in [0.15, 0.2) is 0 Å². The molecule has 6 heteroatoms. The van der Waals surface area contributed by atoms with Gasteiger partial charge in [-0.05, 0) is 30.6 Å². The minimum absolute atomic E-state index is 0.0194. The third-order valence-corrected chi connectivity index (χ3v) is 3.88. The molecular weight excluding hydrogens is 276 g/mol. The highest BCUT2D eigenvalue weighted by atomic mass is 32.1. The number of thiol groups is 1. The second-order valence-corrected chi connectivity index (χ2v) is 5.37. The van der Waals surface area contributed by atoms with E-state index in [1.165, 1.54) is 12.1 Å². The van der Waals surface area contributed by atoms with Gasteiger partial charge in [-0.2, -0.15) is 12.6 Å². The van der Waals surface area contributed by atoms with Gasteiger partial charge in [-0.15, -0.1) is 0 Å². The van der Waals surface area contributed by atoms with Crippen LogP contribution in [-0.4, -0.2) is 34.6 Å². The second-order valence-electron chi connectivity index (χ2n) is 4.93. The molecule has 0 fully saturated rings. The van der Waals surface area contributed by atoms with Crippen LogP contribution in [-0.2, 0) is 6.42 Å². The predicted molar refractivity (Wildman–Crippen MR) is 80.4 cm³/mol. The number of hydrogen-bond donors (Lipinski definition) is 1. The molecule has 108 valence electrons. The normalized spacial score (nSPS) is 14.2. The van der Waals surface area contributed by atoms with Crippen LogP contribution >= 0.6 is 12.6 Å². The van der Waals surface area contributed by atoms with E-state index in [1.54, 1.807) is 11.0 Å². The summed E-state index contributed by atoms with van der Waals surface area (Å²) in [5, 5.41) is 10.8. The van der Waals surface area contributed by atoms with Crippen molar-refractivity contribution in [2.24, 2.45) is 0 Å². The molecule has 0 atom stereocenters. The van der Waals surface area contributed by atoms with Gasteiger partial charge in [0.1, 0.15) is 0 Å². The van der Waals surface area contributed by atoms with Crippen LogP contribution in [0.3, 0.4) is 0 Å². The summed E-state index contributed by atoms with van der Waals surface area (Å²) in [4.78, 5) is 24.5. The van der Waals surface area contributed by atoms with E-state index < -0.39 is 4.92 Å². The highest BCUT2D eigenvalue weighted by Crippen LogP contribution is 2.24. The van der Waals surface area contributed by atoms with E-state index in [4.69, 9.17) is 0 Å². The fourth-order valence-electron chi connectivity index (χ4n) is 2.43. The summed E-state index contributed by atoms with van der Waals surface area (Å²) in [5.74, 6) is 0.781. The molecule has 0 saturated heterocycles. The summed E-state index contributed by atoms with van der Waals surface area (Å²) < 4.78 is 0. The smallest absolute Gasteiger partial charge is 0.270 e. The number of non-ortho nitro benzene ring substituents is 1. The number of unbranched alkanes of at least 4 members (excludes halogenated alkanes) is 2. The fourth-order valence-corrected chi connectivity index (χ4v) is 2.65. The molecule has 0 radical (unpaired) electrons. The van der Waals surface area contributed by atoms with Gasteiger partial charge in [0.2, 0.25) is 0 Å². The van der Waals surface area contributed by atoms with Gasteiger partial charge in [0.05, 0.1) is 4.92 Å². The monoisotopic (exact) mass is 294 g/mol. The van der Waals surface area contributed by atoms with E-state index in [0.29, 0.717) is 12.1 Å². The van der Waals surface area contributed by atoms with Crippen molar-refractivity contribution in [1.82, 2.24) is 4.90 Å². The van der Waals surface area contributed by atoms with Crippen LogP contribution in [0.25, 0.3) is 0 Å². The Hall–Kier alpha value is -1.56. The Bertz CT molecular complexity index is 519. The summed E-state index contributed by atoms with van der Waals surface area (Å²) >= 11 is 4.16. The first-order valence-electron chi connectivity index (χ1n) is 6.81. The van der Waals surface area contributed by atoms with Crippen LogP contribution in [0.2, 0.25) is 0 Å². The van der Waals surface area contributed by atoms with Crippen molar-refractivity contribution in [3.63, 3.8) is 0 Å². The standard InChI is InChI=1S/C14H18N2O3S/c17-14-13-10-12(16(18)19)5-4-11(13)6-8-15(14)7-2-1-3-9-20/h4-5,10,20H,1-3,6-9H2. The highest BCUT2D eigenvalue weighted by Gasteiger charge is 2.25. The number of carbonyl (C=O) groups is 1. The fraction of sp³-hybridized carbons (Fsp3) is 0.500. The Labute approximate surface area is 123 Å². The lowest BCUT2D eigenvalue weighted by Gasteiger charge is -2.28. The lowest BCUT2D eigenvalue weighted by atomic mass is 9.98. The van der Waals surface area contributed by atoms with Crippen LogP contribution in [0.5, 0.6) is 0 Å². The highest BCUT2D eigenvalue weighted by molar-refractivity contribution is 7.80. The first kappa shape index (κ1) is 14.8. The van der Waals surface area contributed by atoms with Crippen LogP contribution in [0.4, 0.5) is 5.69 Å². The maximum atomic E-state index is 12.3. The molecule has 0 bridgehead atoms. The molecule has 0 aliphatic carbocycles. The van der Waals surface area contributed by atoms with E-state index >= 15 is 0 Å². The molecule has 1 amide bonds. The quantitative estimate of drug-likeness (QED) is 0.380. The Morgan fingerprint density at radius 1 is 1.30 bits per heavy atom. The average molecular weight is 294 g/mol. The summed E-state index contributed by atoms with van der Waals surface area (Å²) in [5.41, 5.74) is 1.38. The number of nitro groups is 1. The zero-order chi connectivity index (χ0) is 14.5. The van der Waals surface area contributed by atoms with Gasteiger partial charge < -0.3 is 4.90 Å². The molecule has 1 aromatic carbocycles. The molecule has 0 unspecified atom stereocenters. The zero-order valence-corrected chi connectivity index (χ0v) is 12.1. The molecule has 5 nitrogen and oxygen atoms in total. The number of fused-ring (bicyclic) bond motifs is 1. The Kier molecular flexibility index (Phi) is 5.00. The minimum atomic E-state index is -0.459. The van der Waals surface area contributed by atoms with E-state index in [-0.39, 0.29) is 11.6 Å². The first-order chi connectivity index (χ1) is 9.63. The Balaban J connectivity index is 2.07. The van der Waals surface area contributed by atoms with E-state index in [2.05, 4.69) is 12.6 Å². The Morgan fingerprint density at radius 3 is 2.80 bits per heavy atom. The summed E-state index contributed by atoms with van der Waals surface area (Å²) in [6, 6.07) is 4.57. The molecular formula is C14H18N2O3S. The molecule has 1 aromatic rings. The maximum absolute atomic E-state index is 12.3. The molecule has 0 aromatic heterocycles. The van der Waals surface area contributed by atoms with E-state index in [1.807, 2.05) is 0 Å². The van der Waals surface area contributed by atoms with Crippen LogP contribution in [0, 0.1) is 10.1 Å². The number of rotatable bonds is 6. The van der Waals surface area contributed by atoms with Gasteiger partial charge in [0.25, 0.3) is 11.6 Å². The molecule has 1 aliphatic rings.